The van der Waals surface area contributed by atoms with E-state index in [0.717, 1.165) is 25.7 Å². The summed E-state index contributed by atoms with van der Waals surface area (Å²) >= 11 is 11.2. The Hall–Kier alpha value is -3.00. The first-order valence-corrected chi connectivity index (χ1v) is 19.4. The number of aliphatic hydroxyl groups is 1. The molecule has 15 heteroatoms. The molecule has 5 atom stereocenters. The number of sulfonamides is 1. The standard InChI is InChI=1S/C28H42N2O8S.C7H3Cl2NO/c1-27(2,3)38-24(33)13-18-9-7-5-4-6-8-10-19-15-28(19,26(35)29-39(36,37)21-11-12-21)16-23(32)22-14-20(31)17-30(22)25(18)34;8-4-1-2-6-5(3-4)10-7(9)11-6/h8,10,18-22,31H,4-7,9,11-17H2,1-3H3,(H,29,35);1-3H/b10-8-;/t18-,19-,20-,22+,28-;/m1./s1. The third-order valence-corrected chi connectivity index (χ3v) is 11.7. The minimum absolute atomic E-state index is 0.0291. The highest BCUT2D eigenvalue weighted by molar-refractivity contribution is 7.90. The number of esters is 1. The minimum Gasteiger partial charge on any atom is -0.460 e. The Morgan fingerprint density at radius 3 is 2.58 bits per heavy atom. The fourth-order valence-electron chi connectivity index (χ4n) is 6.71. The van der Waals surface area contributed by atoms with Gasteiger partial charge in [0, 0.05) is 30.3 Å². The zero-order valence-electron chi connectivity index (χ0n) is 28.5. The van der Waals surface area contributed by atoms with Crippen LogP contribution in [0.3, 0.4) is 0 Å². The average Bonchev–Trinajstić information content (AvgIpc) is 3.91. The van der Waals surface area contributed by atoms with Crippen LogP contribution in [0.15, 0.2) is 34.8 Å². The van der Waals surface area contributed by atoms with Gasteiger partial charge in [-0.15, -0.1) is 0 Å². The van der Waals surface area contributed by atoms with E-state index in [2.05, 4.69) is 9.71 Å². The van der Waals surface area contributed by atoms with E-state index in [1.54, 1.807) is 39.0 Å². The summed E-state index contributed by atoms with van der Waals surface area (Å²) in [6, 6.07) is 4.22. The number of Topliss-reactive ketones (excluding diaryl/α,β-unsaturated/α-hetero) is 1. The molecule has 274 valence electrons. The van der Waals surface area contributed by atoms with Gasteiger partial charge in [-0.05, 0) is 95.0 Å². The fourth-order valence-corrected chi connectivity index (χ4v) is 8.43. The highest BCUT2D eigenvalue weighted by Crippen LogP contribution is 2.57. The maximum atomic E-state index is 13.7. The molecule has 2 aliphatic heterocycles. The van der Waals surface area contributed by atoms with Crippen LogP contribution in [-0.2, 0) is 33.9 Å². The van der Waals surface area contributed by atoms with Crippen LogP contribution in [-0.4, -0.2) is 76.5 Å². The van der Waals surface area contributed by atoms with E-state index in [-0.39, 0.29) is 48.8 Å². The molecule has 2 N–H and O–H groups in total. The van der Waals surface area contributed by atoms with Crippen molar-refractivity contribution >= 4 is 67.9 Å². The maximum Gasteiger partial charge on any atom is 0.307 e. The van der Waals surface area contributed by atoms with E-state index < -0.39 is 56.2 Å². The molecule has 3 heterocycles. The van der Waals surface area contributed by atoms with Crippen molar-refractivity contribution in [1.82, 2.24) is 14.6 Å². The third-order valence-electron chi connectivity index (χ3n) is 9.51. The van der Waals surface area contributed by atoms with Crippen LogP contribution in [0.25, 0.3) is 11.1 Å². The minimum atomic E-state index is -3.78. The smallest absolute Gasteiger partial charge is 0.307 e. The summed E-state index contributed by atoms with van der Waals surface area (Å²) in [5.41, 5.74) is -0.549. The second kappa shape index (κ2) is 15.3. The molecule has 2 amide bonds. The van der Waals surface area contributed by atoms with Gasteiger partial charge in [0.2, 0.25) is 21.8 Å². The molecule has 3 fully saturated rings. The second-order valence-corrected chi connectivity index (χ2v) is 17.5. The van der Waals surface area contributed by atoms with Crippen molar-refractivity contribution in [2.75, 3.05) is 6.54 Å². The van der Waals surface area contributed by atoms with Crippen molar-refractivity contribution in [2.24, 2.45) is 17.3 Å². The molecule has 50 heavy (non-hydrogen) atoms. The molecule has 2 aromatic rings. The Morgan fingerprint density at radius 1 is 1.14 bits per heavy atom. The largest absolute Gasteiger partial charge is 0.460 e. The van der Waals surface area contributed by atoms with Gasteiger partial charge in [-0.25, -0.2) is 8.42 Å². The van der Waals surface area contributed by atoms with E-state index in [9.17, 15) is 32.7 Å². The van der Waals surface area contributed by atoms with Gasteiger partial charge in [-0.1, -0.05) is 36.6 Å². The lowest BCUT2D eigenvalue weighted by Gasteiger charge is -2.29. The first-order chi connectivity index (χ1) is 23.5. The predicted octanol–water partition coefficient (Wildman–Crippen LogP) is 5.53. The Labute approximate surface area is 302 Å². The number of amides is 2. The molecule has 1 saturated heterocycles. The summed E-state index contributed by atoms with van der Waals surface area (Å²) < 4.78 is 37.7. The lowest BCUT2D eigenvalue weighted by Crippen LogP contribution is -2.46. The van der Waals surface area contributed by atoms with E-state index >= 15 is 0 Å². The van der Waals surface area contributed by atoms with Crippen molar-refractivity contribution in [3.05, 3.63) is 40.7 Å². The number of rotatable bonds is 5. The van der Waals surface area contributed by atoms with Crippen molar-refractivity contribution in [2.45, 2.75) is 114 Å². The number of hydrogen-bond donors (Lipinski definition) is 2. The molecular weight excluding hydrogens is 709 g/mol. The predicted molar refractivity (Wildman–Crippen MR) is 187 cm³/mol. The maximum absolute atomic E-state index is 13.7. The Bertz CT molecular complexity index is 1750. The monoisotopic (exact) mass is 753 g/mol. The number of nitrogens with one attached hydrogen (secondary N) is 1. The van der Waals surface area contributed by atoms with Crippen LogP contribution in [0.1, 0.15) is 91.4 Å². The number of ketones is 1. The normalized spacial score (nSPS) is 28.3. The number of carbonyl (C=O) groups excluding carboxylic acids is 4. The van der Waals surface area contributed by atoms with Gasteiger partial charge in [0.1, 0.15) is 11.1 Å². The van der Waals surface area contributed by atoms with Crippen LogP contribution in [0.2, 0.25) is 10.4 Å². The lowest BCUT2D eigenvalue weighted by molar-refractivity contribution is -0.159. The summed E-state index contributed by atoms with van der Waals surface area (Å²) in [6.45, 7) is 5.25. The Kier molecular flexibility index (Phi) is 11.7. The summed E-state index contributed by atoms with van der Waals surface area (Å²) in [5, 5.41) is 10.6. The summed E-state index contributed by atoms with van der Waals surface area (Å²) in [7, 11) is -3.78. The van der Waals surface area contributed by atoms with Gasteiger partial charge >= 0.3 is 5.97 Å². The number of ether oxygens (including phenoxy) is 1. The topological polar surface area (TPSA) is 173 Å². The van der Waals surface area contributed by atoms with E-state index in [4.69, 9.17) is 32.4 Å². The average molecular weight is 755 g/mol. The molecule has 0 unspecified atom stereocenters. The highest BCUT2D eigenvalue weighted by Gasteiger charge is 2.61. The number of carbonyl (C=O) groups is 4. The number of halogens is 2. The van der Waals surface area contributed by atoms with Gasteiger partial charge in [0.15, 0.2) is 11.4 Å². The van der Waals surface area contributed by atoms with Crippen LogP contribution in [0.4, 0.5) is 0 Å². The van der Waals surface area contributed by atoms with Gasteiger partial charge < -0.3 is 19.2 Å². The lowest BCUT2D eigenvalue weighted by atomic mass is 9.90. The van der Waals surface area contributed by atoms with Gasteiger partial charge in [-0.2, -0.15) is 4.98 Å². The summed E-state index contributed by atoms with van der Waals surface area (Å²) in [6.07, 6.45) is 7.71. The summed E-state index contributed by atoms with van der Waals surface area (Å²) in [4.78, 5) is 58.6. The van der Waals surface area contributed by atoms with E-state index in [1.807, 2.05) is 12.2 Å². The van der Waals surface area contributed by atoms with Gasteiger partial charge in [0.25, 0.3) is 5.35 Å². The van der Waals surface area contributed by atoms with Crippen LogP contribution in [0.5, 0.6) is 0 Å². The van der Waals surface area contributed by atoms with Crippen molar-refractivity contribution in [3.8, 4) is 0 Å². The molecule has 12 nitrogen and oxygen atoms in total. The Balaban J connectivity index is 0.000000371. The number of hydrogen-bond acceptors (Lipinski definition) is 10. The van der Waals surface area contributed by atoms with Crippen LogP contribution >= 0.6 is 23.2 Å². The first-order valence-electron chi connectivity index (χ1n) is 17.1. The fraction of sp³-hybridized carbons (Fsp3) is 0.629. The molecule has 6 rings (SSSR count). The zero-order chi connectivity index (χ0) is 36.4. The number of fused-ring (bicyclic) bond motifs is 3. The number of aromatic nitrogens is 1. The summed E-state index contributed by atoms with van der Waals surface area (Å²) in [5.74, 6) is -2.85. The zero-order valence-corrected chi connectivity index (χ0v) is 30.9. The molecule has 0 spiro atoms. The van der Waals surface area contributed by atoms with Crippen LogP contribution < -0.4 is 4.72 Å². The third kappa shape index (κ3) is 9.65. The Morgan fingerprint density at radius 2 is 1.88 bits per heavy atom. The van der Waals surface area contributed by atoms with E-state index in [0.29, 0.717) is 41.8 Å². The molecule has 1 aromatic carbocycles. The number of nitrogens with zero attached hydrogens (tertiary/aromatic N) is 2. The molecule has 0 radical (unpaired) electrons. The first kappa shape index (κ1) is 38.2. The quantitative estimate of drug-likeness (QED) is 0.292. The number of allylic oxidation sites excluding steroid dienone is 2. The highest BCUT2D eigenvalue weighted by atomic mass is 35.5. The molecule has 2 aliphatic carbocycles. The SMILES string of the molecule is CC(C)(C)OC(=O)C[C@H]1CCCCC/C=C\[C@@H]2C[C@@]2(C(=O)NS(=O)(=O)C2CC2)CC(=O)[C@@H]2C[C@@H](O)CN2C1=O.Clc1ccc2oc(Cl)nc2c1. The second-order valence-electron chi connectivity index (χ2n) is 14.8. The van der Waals surface area contributed by atoms with Crippen molar-refractivity contribution < 1.29 is 41.9 Å². The molecule has 4 aliphatic rings. The number of benzene rings is 1. The van der Waals surface area contributed by atoms with E-state index in [1.165, 1.54) is 4.90 Å². The number of aliphatic hydroxyl groups excluding tert-OH is 1. The molecule has 2 saturated carbocycles. The number of oxazole rings is 1. The van der Waals surface area contributed by atoms with Crippen LogP contribution in [0, 0.1) is 17.3 Å². The van der Waals surface area contributed by atoms with Gasteiger partial charge in [0.05, 0.1) is 29.2 Å². The molecule has 0 bridgehead atoms. The van der Waals surface area contributed by atoms with Crippen molar-refractivity contribution in [3.63, 3.8) is 0 Å². The molecule has 1 aromatic heterocycles. The molecular formula is C35H45Cl2N3O9S. The van der Waals surface area contributed by atoms with Crippen molar-refractivity contribution in [1.29, 1.82) is 0 Å². The van der Waals surface area contributed by atoms with Gasteiger partial charge in [-0.3, -0.25) is 23.9 Å².